The molecule has 0 unspecified atom stereocenters. The van der Waals surface area contributed by atoms with E-state index < -0.39 is 0 Å². The summed E-state index contributed by atoms with van der Waals surface area (Å²) in [5, 5.41) is 3.82. The van der Waals surface area contributed by atoms with Gasteiger partial charge in [-0.2, -0.15) is 0 Å². The minimum atomic E-state index is -0.115. The highest BCUT2D eigenvalue weighted by Crippen LogP contribution is 2.49. The van der Waals surface area contributed by atoms with Crippen molar-refractivity contribution in [2.45, 2.75) is 71.6 Å². The molecule has 2 heterocycles. The number of hydrogen-bond donors (Lipinski definition) is 1. The van der Waals surface area contributed by atoms with E-state index in [4.69, 9.17) is 4.74 Å². The fraction of sp³-hybridized carbons (Fsp3) is 0.275. The molecule has 3 nitrogen and oxygen atoms in total. The lowest BCUT2D eigenvalue weighted by Crippen LogP contribution is -2.26. The Kier molecular flexibility index (Phi) is 6.96. The first-order valence-corrected chi connectivity index (χ1v) is 15.2. The van der Waals surface area contributed by atoms with Crippen molar-refractivity contribution in [3.05, 3.63) is 126 Å². The Labute approximate surface area is 257 Å². The van der Waals surface area contributed by atoms with Gasteiger partial charge in [0.1, 0.15) is 5.75 Å². The summed E-state index contributed by atoms with van der Waals surface area (Å²) in [5.74, 6) is 1.38. The molecule has 1 aliphatic heterocycles. The van der Waals surface area contributed by atoms with E-state index in [1.165, 1.54) is 50.3 Å². The molecule has 0 bridgehead atoms. The van der Waals surface area contributed by atoms with E-state index in [1.54, 1.807) is 6.20 Å². The van der Waals surface area contributed by atoms with Gasteiger partial charge in [-0.05, 0) is 80.1 Å². The third kappa shape index (κ3) is 5.57. The van der Waals surface area contributed by atoms with Gasteiger partial charge in [0.2, 0.25) is 5.88 Å². The quantitative estimate of drug-likeness (QED) is 0.235. The topological polar surface area (TPSA) is 34.1 Å². The molecule has 0 radical (unpaired) electrons. The molecule has 3 heteroatoms. The average Bonchev–Trinajstić information content (AvgIpc) is 2.96. The van der Waals surface area contributed by atoms with Gasteiger partial charge < -0.3 is 10.1 Å². The van der Waals surface area contributed by atoms with Crippen LogP contribution in [0.2, 0.25) is 0 Å². The lowest BCUT2D eigenvalue weighted by Gasteiger charge is -2.37. The van der Waals surface area contributed by atoms with E-state index >= 15 is 0 Å². The van der Waals surface area contributed by atoms with Crippen molar-refractivity contribution < 1.29 is 4.74 Å². The fourth-order valence-electron chi connectivity index (χ4n) is 6.03. The van der Waals surface area contributed by atoms with Gasteiger partial charge in [0.05, 0.1) is 5.69 Å². The van der Waals surface area contributed by atoms with Crippen LogP contribution < -0.4 is 10.1 Å². The molecule has 0 amide bonds. The first kappa shape index (κ1) is 28.7. The number of pyridine rings is 1. The van der Waals surface area contributed by atoms with E-state index in [0.29, 0.717) is 5.88 Å². The van der Waals surface area contributed by atoms with Crippen LogP contribution in [0.3, 0.4) is 0 Å². The van der Waals surface area contributed by atoms with E-state index in [-0.39, 0.29) is 16.2 Å². The SMILES string of the molecule is CC(C)(C)c1cc(Oc2ccccn2)cc(-c2cc(-c3cccc4c3Nc3ccccc3C4(C)C)cc(C(C)(C)C)c2)c1. The molecule has 0 saturated heterocycles. The zero-order chi connectivity index (χ0) is 30.6. The minimum absolute atomic E-state index is 0.0339. The first-order chi connectivity index (χ1) is 20.3. The van der Waals surface area contributed by atoms with E-state index in [0.717, 1.165) is 11.3 Å². The molecule has 1 aromatic heterocycles. The average molecular weight is 567 g/mol. The van der Waals surface area contributed by atoms with Crippen LogP contribution >= 0.6 is 0 Å². The number of nitrogens with one attached hydrogen (secondary N) is 1. The number of benzene rings is 4. The van der Waals surface area contributed by atoms with Crippen LogP contribution in [0.5, 0.6) is 11.6 Å². The standard InChI is InChI=1S/C40H42N2O/c1-38(2,3)29-21-26(27-22-30(39(4,5)6)25-31(24-27)43-36-18-11-12-19-41-36)20-28(23-29)32-14-13-16-34-37(32)42-35-17-10-9-15-33(35)40(34,7)8/h9-25,42H,1-8H3. The van der Waals surface area contributed by atoms with Crippen LogP contribution in [-0.2, 0) is 16.2 Å². The zero-order valence-corrected chi connectivity index (χ0v) is 26.7. The van der Waals surface area contributed by atoms with Crippen molar-refractivity contribution >= 4 is 11.4 Å². The lowest BCUT2D eigenvalue weighted by atomic mass is 9.73. The summed E-state index contributed by atoms with van der Waals surface area (Å²) in [6, 6.07) is 34.8. The molecular weight excluding hydrogens is 524 g/mol. The van der Waals surface area contributed by atoms with Gasteiger partial charge in [-0.25, -0.2) is 4.98 Å². The Morgan fingerprint density at radius 2 is 1.26 bits per heavy atom. The molecule has 218 valence electrons. The van der Waals surface area contributed by atoms with Gasteiger partial charge in [-0.15, -0.1) is 0 Å². The highest BCUT2D eigenvalue weighted by molar-refractivity contribution is 5.90. The molecule has 0 fully saturated rings. The molecule has 6 rings (SSSR count). The summed E-state index contributed by atoms with van der Waals surface area (Å²) in [7, 11) is 0. The fourth-order valence-corrected chi connectivity index (χ4v) is 6.03. The zero-order valence-electron chi connectivity index (χ0n) is 26.7. The number of hydrogen-bond acceptors (Lipinski definition) is 3. The van der Waals surface area contributed by atoms with E-state index in [1.807, 2.05) is 18.2 Å². The predicted octanol–water partition coefficient (Wildman–Crippen LogP) is 11.2. The molecule has 4 aromatic carbocycles. The maximum Gasteiger partial charge on any atom is 0.219 e. The second-order valence-electron chi connectivity index (χ2n) is 14.3. The van der Waals surface area contributed by atoms with Gasteiger partial charge in [-0.3, -0.25) is 0 Å². The van der Waals surface area contributed by atoms with Crippen molar-refractivity contribution in [3.8, 4) is 33.9 Å². The highest BCUT2D eigenvalue weighted by Gasteiger charge is 2.33. The Hall–Kier alpha value is -4.37. The number of aromatic nitrogens is 1. The largest absolute Gasteiger partial charge is 0.439 e. The Bertz CT molecular complexity index is 1800. The van der Waals surface area contributed by atoms with E-state index in [9.17, 15) is 0 Å². The normalized spacial score (nSPS) is 14.0. The predicted molar refractivity (Wildman–Crippen MR) is 181 cm³/mol. The van der Waals surface area contributed by atoms with Crippen molar-refractivity contribution in [2.75, 3.05) is 5.32 Å². The first-order valence-electron chi connectivity index (χ1n) is 15.2. The molecule has 5 aromatic rings. The molecule has 1 aliphatic rings. The van der Waals surface area contributed by atoms with Crippen LogP contribution in [0.4, 0.5) is 11.4 Å². The molecular formula is C40H42N2O. The number of fused-ring (bicyclic) bond motifs is 2. The van der Waals surface area contributed by atoms with Gasteiger partial charge in [0, 0.05) is 28.9 Å². The van der Waals surface area contributed by atoms with Crippen LogP contribution in [0.15, 0.2) is 103 Å². The van der Waals surface area contributed by atoms with Crippen LogP contribution in [0, 0.1) is 0 Å². The third-order valence-electron chi connectivity index (χ3n) is 8.67. The maximum atomic E-state index is 6.30. The smallest absolute Gasteiger partial charge is 0.219 e. The highest BCUT2D eigenvalue weighted by atomic mass is 16.5. The van der Waals surface area contributed by atoms with Crippen molar-refractivity contribution in [3.63, 3.8) is 0 Å². The lowest BCUT2D eigenvalue weighted by molar-refractivity contribution is 0.460. The molecule has 1 N–H and O–H groups in total. The third-order valence-corrected chi connectivity index (χ3v) is 8.67. The molecule has 0 aliphatic carbocycles. The molecule has 0 spiro atoms. The number of nitrogens with zero attached hydrogens (tertiary/aromatic N) is 1. The summed E-state index contributed by atoms with van der Waals surface area (Å²) < 4.78 is 6.30. The van der Waals surface area contributed by atoms with Crippen molar-refractivity contribution in [2.24, 2.45) is 0 Å². The summed E-state index contributed by atoms with van der Waals surface area (Å²) in [6.07, 6.45) is 1.76. The Morgan fingerprint density at radius 1 is 0.628 bits per heavy atom. The van der Waals surface area contributed by atoms with Crippen LogP contribution in [0.1, 0.15) is 77.6 Å². The monoisotopic (exact) mass is 566 g/mol. The van der Waals surface area contributed by atoms with Crippen molar-refractivity contribution in [1.29, 1.82) is 0 Å². The summed E-state index contributed by atoms with van der Waals surface area (Å²) >= 11 is 0. The van der Waals surface area contributed by atoms with E-state index in [2.05, 4.69) is 145 Å². The summed E-state index contributed by atoms with van der Waals surface area (Å²) in [4.78, 5) is 4.41. The van der Waals surface area contributed by atoms with Gasteiger partial charge in [0.15, 0.2) is 0 Å². The van der Waals surface area contributed by atoms with Crippen LogP contribution in [0.25, 0.3) is 22.3 Å². The molecule has 43 heavy (non-hydrogen) atoms. The number of para-hydroxylation sites is 2. The van der Waals surface area contributed by atoms with Crippen molar-refractivity contribution in [1.82, 2.24) is 4.98 Å². The molecule has 0 saturated carbocycles. The maximum absolute atomic E-state index is 6.30. The number of rotatable bonds is 4. The number of ether oxygens (including phenoxy) is 1. The van der Waals surface area contributed by atoms with Gasteiger partial charge in [-0.1, -0.05) is 116 Å². The van der Waals surface area contributed by atoms with Crippen LogP contribution in [-0.4, -0.2) is 4.98 Å². The Balaban J connectivity index is 1.54. The summed E-state index contributed by atoms with van der Waals surface area (Å²) in [5.41, 5.74) is 12.0. The number of anilines is 2. The second-order valence-corrected chi connectivity index (χ2v) is 14.3. The summed E-state index contributed by atoms with van der Waals surface area (Å²) in [6.45, 7) is 18.2. The Morgan fingerprint density at radius 3 is 1.95 bits per heavy atom. The second kappa shape index (κ2) is 10.4. The molecule has 0 atom stereocenters. The minimum Gasteiger partial charge on any atom is -0.439 e. The van der Waals surface area contributed by atoms with Gasteiger partial charge >= 0.3 is 0 Å². The van der Waals surface area contributed by atoms with Gasteiger partial charge in [0.25, 0.3) is 0 Å².